The average Bonchev–Trinajstić information content (AvgIpc) is 2.36. The molecule has 0 aliphatic heterocycles. The molecule has 5 heteroatoms. The molecule has 0 aromatic heterocycles. The maximum Gasteiger partial charge on any atom is 0.106 e. The van der Waals surface area contributed by atoms with E-state index in [1.165, 1.54) is 0 Å². The van der Waals surface area contributed by atoms with Gasteiger partial charge >= 0.3 is 0 Å². The number of rotatable bonds is 5. The molecule has 4 nitrogen and oxygen atoms in total. The van der Waals surface area contributed by atoms with E-state index in [4.69, 9.17) is 14.6 Å². The number of hydrogen-bond acceptors (Lipinski definition) is 4. The minimum absolute atomic E-state index is 0.479. The van der Waals surface area contributed by atoms with Crippen molar-refractivity contribution in [1.82, 2.24) is 0 Å². The van der Waals surface area contributed by atoms with E-state index in [0.29, 0.717) is 6.10 Å². The lowest BCUT2D eigenvalue weighted by Gasteiger charge is -2.09. The van der Waals surface area contributed by atoms with Crippen LogP contribution in [0.2, 0.25) is 0 Å². The molecule has 0 bridgehead atoms. The summed E-state index contributed by atoms with van der Waals surface area (Å²) in [5, 5.41) is 8.52. The molecule has 0 aliphatic carbocycles. The highest BCUT2D eigenvalue weighted by molar-refractivity contribution is 7.16. The average molecular weight is 298 g/mol. The predicted molar refractivity (Wildman–Crippen MR) is 86.9 cm³/mol. The number of aliphatic hydroxyl groups is 1. The quantitative estimate of drug-likeness (QED) is 0.793. The fourth-order valence-electron chi connectivity index (χ4n) is 0.675. The Hall–Kier alpha value is -0.0200. The Morgan fingerprint density at radius 2 is 1.53 bits per heavy atom. The van der Waals surface area contributed by atoms with Gasteiger partial charge in [0.2, 0.25) is 0 Å². The van der Waals surface area contributed by atoms with E-state index in [9.17, 15) is 0 Å². The summed E-state index contributed by atoms with van der Waals surface area (Å²) in [6.45, 7) is 12.2. The zero-order valence-electron chi connectivity index (χ0n) is 13.9. The summed E-state index contributed by atoms with van der Waals surface area (Å²) in [7, 11) is 6.15. The van der Waals surface area contributed by atoms with Gasteiger partial charge in [-0.25, -0.2) is 0 Å². The lowest BCUT2D eigenvalue weighted by Crippen LogP contribution is -2.10. The molecule has 0 rings (SSSR count). The number of carbonyl (C=O) groups excluding carboxylic acids is 1. The number of methoxy groups -OCH3 is 2. The first-order valence-corrected chi connectivity index (χ1v) is 7.31. The van der Waals surface area contributed by atoms with Gasteiger partial charge in [0.15, 0.2) is 0 Å². The standard InChI is InChI=1S/C6H15OP.C4H10O.C3H8O.CH2O/c1-3-6(7-2)4-5-8;1-4(2,3)5;1-3-4-2;1-2/h6H,3-5,8H2,1-2H3;5H,1-3H3;3H2,1-2H3;1H2/t6-;;;/m1.../s1. The summed E-state index contributed by atoms with van der Waals surface area (Å²) in [6, 6.07) is 0. The highest BCUT2D eigenvalue weighted by atomic mass is 31.0. The maximum atomic E-state index is 8.52. The van der Waals surface area contributed by atoms with Crippen LogP contribution in [0.15, 0.2) is 0 Å². The van der Waals surface area contributed by atoms with Crippen molar-refractivity contribution in [1.29, 1.82) is 0 Å². The summed E-state index contributed by atoms with van der Waals surface area (Å²) >= 11 is 0. The fourth-order valence-corrected chi connectivity index (χ4v) is 1.05. The van der Waals surface area contributed by atoms with E-state index in [1.54, 1.807) is 35.0 Å². The largest absolute Gasteiger partial charge is 0.391 e. The summed E-state index contributed by atoms with van der Waals surface area (Å²) in [5.74, 6) is 0. The van der Waals surface area contributed by atoms with Gasteiger partial charge in [-0.1, -0.05) is 6.92 Å². The predicted octanol–water partition coefficient (Wildman–Crippen LogP) is 2.92. The van der Waals surface area contributed by atoms with Crippen molar-refractivity contribution in [3.05, 3.63) is 0 Å². The van der Waals surface area contributed by atoms with Gasteiger partial charge in [0.1, 0.15) is 6.79 Å². The number of hydrogen-bond donors (Lipinski definition) is 1. The molecule has 0 aliphatic rings. The highest BCUT2D eigenvalue weighted by Gasteiger charge is 1.99. The molecule has 0 heterocycles. The SMILES string of the molecule is C=O.CC(C)(C)O.CCOC.CC[C@H](CCP)OC. The third-order valence-electron chi connectivity index (χ3n) is 1.57. The first-order chi connectivity index (χ1) is 8.76. The molecule has 0 spiro atoms. The molecule has 120 valence electrons. The molecule has 19 heavy (non-hydrogen) atoms. The second kappa shape index (κ2) is 23.1. The van der Waals surface area contributed by atoms with Crippen LogP contribution in [0.4, 0.5) is 0 Å². The van der Waals surface area contributed by atoms with Crippen molar-refractivity contribution >= 4 is 16.0 Å². The Labute approximate surface area is 122 Å². The number of ether oxygens (including phenoxy) is 2. The Balaban J connectivity index is -0.0000000886. The van der Waals surface area contributed by atoms with Crippen LogP contribution in [-0.2, 0) is 14.3 Å². The van der Waals surface area contributed by atoms with E-state index < -0.39 is 5.60 Å². The van der Waals surface area contributed by atoms with Crippen LogP contribution in [0.5, 0.6) is 0 Å². The Kier molecular flexibility index (Phi) is 33.2. The van der Waals surface area contributed by atoms with Gasteiger partial charge < -0.3 is 19.4 Å². The zero-order chi connectivity index (χ0) is 16.3. The molecule has 0 amide bonds. The van der Waals surface area contributed by atoms with Gasteiger partial charge in [0.05, 0.1) is 11.7 Å². The fraction of sp³-hybridized carbons (Fsp3) is 0.929. The Morgan fingerprint density at radius 3 is 1.58 bits per heavy atom. The van der Waals surface area contributed by atoms with Gasteiger partial charge in [-0.05, 0) is 46.7 Å². The van der Waals surface area contributed by atoms with Crippen LogP contribution in [-0.4, -0.2) is 50.6 Å². The molecule has 0 aromatic carbocycles. The van der Waals surface area contributed by atoms with Gasteiger partial charge in [0, 0.05) is 20.8 Å². The van der Waals surface area contributed by atoms with Crippen LogP contribution in [0.3, 0.4) is 0 Å². The maximum absolute atomic E-state index is 8.52. The molecule has 1 unspecified atom stereocenters. The molecular weight excluding hydrogens is 263 g/mol. The van der Waals surface area contributed by atoms with Gasteiger partial charge in [-0.3, -0.25) is 0 Å². The van der Waals surface area contributed by atoms with E-state index in [0.717, 1.165) is 25.6 Å². The normalized spacial score (nSPS) is 10.8. The molecule has 0 radical (unpaired) electrons. The Bertz CT molecular complexity index is 126. The van der Waals surface area contributed by atoms with E-state index in [-0.39, 0.29) is 0 Å². The molecule has 0 aromatic rings. The second-order valence-electron chi connectivity index (χ2n) is 4.59. The summed E-state index contributed by atoms with van der Waals surface area (Å²) in [4.78, 5) is 8.00. The second-order valence-corrected chi connectivity index (χ2v) is 5.17. The molecule has 0 saturated carbocycles. The summed E-state index contributed by atoms with van der Waals surface area (Å²) in [6.07, 6.45) is 3.92. The van der Waals surface area contributed by atoms with Crippen LogP contribution in [0, 0.1) is 0 Å². The van der Waals surface area contributed by atoms with E-state index in [2.05, 4.69) is 20.9 Å². The molecule has 0 fully saturated rings. The van der Waals surface area contributed by atoms with Crippen LogP contribution < -0.4 is 0 Å². The third-order valence-corrected chi connectivity index (χ3v) is 1.90. The summed E-state index contributed by atoms with van der Waals surface area (Å²) in [5.41, 5.74) is -0.500. The van der Waals surface area contributed by atoms with Crippen LogP contribution in [0.25, 0.3) is 0 Å². The first-order valence-electron chi connectivity index (χ1n) is 6.49. The van der Waals surface area contributed by atoms with Crippen LogP contribution in [0.1, 0.15) is 47.5 Å². The van der Waals surface area contributed by atoms with Gasteiger partial charge in [0.25, 0.3) is 0 Å². The van der Waals surface area contributed by atoms with Crippen molar-refractivity contribution in [3.8, 4) is 0 Å². The molecule has 1 N–H and O–H groups in total. The minimum Gasteiger partial charge on any atom is -0.391 e. The van der Waals surface area contributed by atoms with Crippen molar-refractivity contribution < 1.29 is 19.4 Å². The first kappa shape index (κ1) is 27.3. The lowest BCUT2D eigenvalue weighted by molar-refractivity contribution is -0.0980. The third kappa shape index (κ3) is 72.1. The van der Waals surface area contributed by atoms with E-state index >= 15 is 0 Å². The monoisotopic (exact) mass is 298 g/mol. The zero-order valence-corrected chi connectivity index (χ0v) is 15.0. The number of carbonyl (C=O) groups is 1. The lowest BCUT2D eigenvalue weighted by atomic mass is 10.2. The topological polar surface area (TPSA) is 55.8 Å². The minimum atomic E-state index is -0.500. The van der Waals surface area contributed by atoms with Crippen molar-refractivity contribution in [3.63, 3.8) is 0 Å². The van der Waals surface area contributed by atoms with Crippen LogP contribution >= 0.6 is 9.24 Å². The molecule has 0 saturated heterocycles. The van der Waals surface area contributed by atoms with E-state index in [1.807, 2.05) is 13.7 Å². The van der Waals surface area contributed by atoms with Crippen molar-refractivity contribution in [2.75, 3.05) is 27.0 Å². The summed E-state index contributed by atoms with van der Waals surface area (Å²) < 4.78 is 9.67. The molecular formula is C14H35O4P. The van der Waals surface area contributed by atoms with Gasteiger partial charge in [-0.2, -0.15) is 0 Å². The smallest absolute Gasteiger partial charge is 0.106 e. The highest BCUT2D eigenvalue weighted by Crippen LogP contribution is 2.03. The molecule has 2 atom stereocenters. The van der Waals surface area contributed by atoms with Crippen molar-refractivity contribution in [2.45, 2.75) is 59.2 Å². The van der Waals surface area contributed by atoms with Crippen molar-refractivity contribution in [2.24, 2.45) is 0 Å². The van der Waals surface area contributed by atoms with Gasteiger partial charge in [-0.15, -0.1) is 9.24 Å². The Morgan fingerprint density at radius 1 is 1.21 bits per heavy atom.